The topological polar surface area (TPSA) is 91.7 Å². The van der Waals surface area contributed by atoms with Gasteiger partial charge in [0, 0.05) is 25.5 Å². The Morgan fingerprint density at radius 1 is 1.37 bits per heavy atom. The van der Waals surface area contributed by atoms with Gasteiger partial charge in [-0.25, -0.2) is 19.4 Å². The predicted molar refractivity (Wildman–Crippen MR) is 113 cm³/mol. The second kappa shape index (κ2) is 10.7. The van der Waals surface area contributed by atoms with Crippen LogP contribution in [-0.2, 0) is 11.2 Å². The van der Waals surface area contributed by atoms with Crippen molar-refractivity contribution in [2.75, 3.05) is 13.6 Å². The van der Waals surface area contributed by atoms with Crippen molar-refractivity contribution in [1.82, 2.24) is 25.7 Å². The Morgan fingerprint density at radius 3 is 2.83 bits per heavy atom. The van der Waals surface area contributed by atoms with E-state index in [4.69, 9.17) is 4.74 Å². The third kappa shape index (κ3) is 6.69. The Bertz CT molecular complexity index is 961. The molecule has 0 saturated heterocycles. The molecule has 8 nitrogen and oxygen atoms in total. The molecule has 0 bridgehead atoms. The van der Waals surface area contributed by atoms with E-state index in [1.165, 1.54) is 11.3 Å². The zero-order valence-electron chi connectivity index (χ0n) is 17.3. The molecule has 2 N–H and O–H groups in total. The van der Waals surface area contributed by atoms with Gasteiger partial charge in [0.2, 0.25) is 0 Å². The van der Waals surface area contributed by atoms with Crippen molar-refractivity contribution in [1.29, 1.82) is 0 Å². The lowest BCUT2D eigenvalue weighted by molar-refractivity contribution is -0.119. The van der Waals surface area contributed by atoms with E-state index < -0.39 is 5.82 Å². The van der Waals surface area contributed by atoms with Crippen LogP contribution in [0.3, 0.4) is 0 Å². The fourth-order valence-electron chi connectivity index (χ4n) is 2.44. The Morgan fingerprint density at radius 2 is 2.13 bits per heavy atom. The maximum absolute atomic E-state index is 14.9. The molecule has 1 aromatic carbocycles. The summed E-state index contributed by atoms with van der Waals surface area (Å²) in [4.78, 5) is 23.4. The summed E-state index contributed by atoms with van der Waals surface area (Å²) in [7, 11) is 1.61. The number of hydrazine groups is 1. The van der Waals surface area contributed by atoms with E-state index >= 15 is 0 Å². The second-order valence-corrected chi connectivity index (χ2v) is 6.41. The molecule has 1 amide bonds. The number of carbonyl (C=O) groups is 1. The highest BCUT2D eigenvalue weighted by atomic mass is 19.1. The fraction of sp³-hybridized carbons (Fsp3) is 0.238. The van der Waals surface area contributed by atoms with Gasteiger partial charge in [0.25, 0.3) is 5.91 Å². The summed E-state index contributed by atoms with van der Waals surface area (Å²) in [5, 5.41) is 4.37. The van der Waals surface area contributed by atoms with Crippen LogP contribution in [0, 0.1) is 19.7 Å². The number of carbonyl (C=O) groups excluding carboxylic acids is 1. The summed E-state index contributed by atoms with van der Waals surface area (Å²) in [6.45, 7) is 11.2. The lowest BCUT2D eigenvalue weighted by Gasteiger charge is -2.14. The molecular weight excluding hydrogens is 387 g/mol. The van der Waals surface area contributed by atoms with Crippen LogP contribution in [0.2, 0.25) is 0 Å². The van der Waals surface area contributed by atoms with E-state index in [1.807, 2.05) is 6.92 Å². The van der Waals surface area contributed by atoms with Crippen LogP contribution in [0.15, 0.2) is 54.4 Å². The average molecular weight is 412 g/mol. The maximum atomic E-state index is 14.9. The van der Waals surface area contributed by atoms with Crippen LogP contribution in [0.4, 0.5) is 4.39 Å². The Hall–Kier alpha value is -3.75. The van der Waals surface area contributed by atoms with Crippen LogP contribution >= 0.6 is 0 Å². The molecule has 0 atom stereocenters. The molecule has 0 radical (unpaired) electrons. The van der Waals surface area contributed by atoms with Gasteiger partial charge in [-0.3, -0.25) is 15.2 Å². The summed E-state index contributed by atoms with van der Waals surface area (Å²) >= 11 is 0. The molecule has 0 aliphatic carbocycles. The number of amides is 1. The number of aromatic nitrogens is 2. The number of benzene rings is 1. The van der Waals surface area contributed by atoms with Crippen molar-refractivity contribution in [2.45, 2.75) is 20.3 Å². The number of ether oxygens (including phenoxy) is 1. The molecule has 1 aromatic heterocycles. The highest BCUT2D eigenvalue weighted by Gasteiger charge is 2.14. The van der Waals surface area contributed by atoms with E-state index in [1.54, 1.807) is 38.4 Å². The van der Waals surface area contributed by atoms with Gasteiger partial charge < -0.3 is 10.1 Å². The molecule has 0 unspecified atom stereocenters. The summed E-state index contributed by atoms with van der Waals surface area (Å²) in [6.07, 6.45) is 4.48. The van der Waals surface area contributed by atoms with Gasteiger partial charge in [-0.15, -0.1) is 0 Å². The molecule has 0 fully saturated rings. The molecule has 0 saturated carbocycles. The number of aryl methyl sites for hydroxylation is 2. The lowest BCUT2D eigenvalue weighted by Crippen LogP contribution is -2.37. The minimum atomic E-state index is -0.456. The zero-order valence-corrected chi connectivity index (χ0v) is 17.3. The highest BCUT2D eigenvalue weighted by molar-refractivity contribution is 5.87. The Balaban J connectivity index is 1.95. The first kappa shape index (κ1) is 22.5. The number of halogens is 1. The van der Waals surface area contributed by atoms with E-state index in [0.29, 0.717) is 24.4 Å². The summed E-state index contributed by atoms with van der Waals surface area (Å²) in [5.41, 5.74) is 4.54. The molecule has 0 aliphatic rings. The van der Waals surface area contributed by atoms with E-state index in [9.17, 15) is 9.18 Å². The van der Waals surface area contributed by atoms with Crippen LogP contribution < -0.4 is 15.5 Å². The van der Waals surface area contributed by atoms with E-state index in [2.05, 4.69) is 38.9 Å². The molecule has 30 heavy (non-hydrogen) atoms. The fourth-order valence-corrected chi connectivity index (χ4v) is 2.44. The van der Waals surface area contributed by atoms with E-state index in [-0.39, 0.29) is 17.7 Å². The molecule has 158 valence electrons. The van der Waals surface area contributed by atoms with Crippen molar-refractivity contribution in [3.05, 3.63) is 72.1 Å². The number of hydrogen-bond acceptors (Lipinski definition) is 6. The molecule has 1 heterocycles. The van der Waals surface area contributed by atoms with Gasteiger partial charge in [0.05, 0.1) is 0 Å². The number of nitrogens with one attached hydrogen (secondary N) is 2. The summed E-state index contributed by atoms with van der Waals surface area (Å²) < 4.78 is 20.5. The maximum Gasteiger partial charge on any atom is 0.322 e. The summed E-state index contributed by atoms with van der Waals surface area (Å²) in [6, 6.07) is 5.17. The van der Waals surface area contributed by atoms with Crippen molar-refractivity contribution in [2.24, 2.45) is 4.99 Å². The van der Waals surface area contributed by atoms with Crippen molar-refractivity contribution in [3.8, 4) is 11.8 Å². The number of rotatable bonds is 10. The van der Waals surface area contributed by atoms with E-state index in [0.717, 1.165) is 17.3 Å². The Labute approximate surface area is 175 Å². The molecule has 2 aromatic rings. The normalized spacial score (nSPS) is 10.5. The van der Waals surface area contributed by atoms with Crippen LogP contribution in [-0.4, -0.2) is 40.8 Å². The largest absolute Gasteiger partial charge is 0.421 e. The predicted octanol–water partition coefficient (Wildman–Crippen LogP) is 2.81. The van der Waals surface area contributed by atoms with Gasteiger partial charge in [0.1, 0.15) is 12.2 Å². The molecule has 2 rings (SSSR count). The van der Waals surface area contributed by atoms with Gasteiger partial charge in [-0.2, -0.15) is 0 Å². The third-order valence-corrected chi connectivity index (χ3v) is 3.98. The molecular formula is C21H25FN6O2. The van der Waals surface area contributed by atoms with Gasteiger partial charge in [0.15, 0.2) is 11.6 Å². The zero-order chi connectivity index (χ0) is 22.1. The second-order valence-electron chi connectivity index (χ2n) is 6.41. The van der Waals surface area contributed by atoms with Crippen molar-refractivity contribution in [3.63, 3.8) is 0 Å². The first-order valence-electron chi connectivity index (χ1n) is 9.18. The monoisotopic (exact) mass is 412 g/mol. The van der Waals surface area contributed by atoms with Gasteiger partial charge in [-0.1, -0.05) is 19.2 Å². The standard InChI is InChI=1S/C21H25FN6O2/c1-6-19(29)27-28(5)13-25-16(4)23-12-10-17-14(2)7-8-18(20(17)22)30-21-24-11-9-15(3)26-21/h6-9,11,13,23H,1,4,10,12H2,2-3,5H3,(H,27,29). The number of aliphatic imine (C=N–C) groups is 1. The van der Waals surface area contributed by atoms with Gasteiger partial charge in [-0.05, 0) is 49.6 Å². The number of hydrogen-bond donors (Lipinski definition) is 2. The Kier molecular flexibility index (Phi) is 8.04. The van der Waals surface area contributed by atoms with Crippen molar-refractivity contribution >= 4 is 12.2 Å². The minimum absolute atomic E-state index is 0.0673. The smallest absolute Gasteiger partial charge is 0.322 e. The first-order chi connectivity index (χ1) is 14.3. The average Bonchev–Trinajstić information content (AvgIpc) is 2.71. The summed E-state index contributed by atoms with van der Waals surface area (Å²) in [5.74, 6) is -0.375. The molecule has 0 spiro atoms. The number of nitrogens with zero attached hydrogens (tertiary/aromatic N) is 4. The molecule has 9 heteroatoms. The van der Waals surface area contributed by atoms with Crippen LogP contribution in [0.5, 0.6) is 11.8 Å². The SMILES string of the molecule is C=CC(=O)NN(C)C=NC(=C)NCCc1c(C)ccc(Oc2nccc(C)n2)c1F. The van der Waals surface area contributed by atoms with Gasteiger partial charge >= 0.3 is 6.01 Å². The minimum Gasteiger partial charge on any atom is -0.421 e. The first-order valence-corrected chi connectivity index (χ1v) is 9.18. The quantitative estimate of drug-likeness (QED) is 0.270. The lowest BCUT2D eigenvalue weighted by atomic mass is 10.0. The van der Waals surface area contributed by atoms with Crippen LogP contribution in [0.1, 0.15) is 16.8 Å². The van der Waals surface area contributed by atoms with Crippen LogP contribution in [0.25, 0.3) is 0 Å². The highest BCUT2D eigenvalue weighted by Crippen LogP contribution is 2.27. The molecule has 0 aliphatic heterocycles. The van der Waals surface area contributed by atoms with Crippen molar-refractivity contribution < 1.29 is 13.9 Å². The third-order valence-electron chi connectivity index (χ3n) is 3.98.